The van der Waals surface area contributed by atoms with Crippen LogP contribution >= 0.6 is 0 Å². The summed E-state index contributed by atoms with van der Waals surface area (Å²) in [5, 5.41) is 20.6. The molecule has 0 aliphatic carbocycles. The van der Waals surface area contributed by atoms with Gasteiger partial charge in [0.25, 0.3) is 0 Å². The number of carbonyl (C=O) groups is 3. The van der Waals surface area contributed by atoms with Crippen LogP contribution in [0.15, 0.2) is 84.9 Å². The number of anilines is 3. The number of rotatable bonds is 8. The van der Waals surface area contributed by atoms with Crippen LogP contribution in [0, 0.1) is 5.92 Å². The second-order valence-electron chi connectivity index (χ2n) is 11.9. The van der Waals surface area contributed by atoms with Crippen molar-refractivity contribution in [3.05, 3.63) is 90.5 Å². The van der Waals surface area contributed by atoms with E-state index in [4.69, 9.17) is 9.47 Å². The smallest absolute Gasteiger partial charge is 0.323 e. The van der Waals surface area contributed by atoms with Gasteiger partial charge in [-0.1, -0.05) is 43.3 Å². The molecule has 4 aromatic rings. The maximum Gasteiger partial charge on any atom is 0.323 e. The predicted octanol–water partition coefficient (Wildman–Crippen LogP) is 5.81. The number of fused-ring (bicyclic) bond motifs is 2. The fourth-order valence-corrected chi connectivity index (χ4v) is 5.59. The van der Waals surface area contributed by atoms with Gasteiger partial charge in [-0.25, -0.2) is 9.59 Å². The lowest BCUT2D eigenvalue weighted by atomic mass is 10.0. The Morgan fingerprint density at radius 2 is 1.72 bits per heavy atom. The first kappa shape index (κ1) is 33.1. The van der Waals surface area contributed by atoms with E-state index in [2.05, 4.69) is 16.0 Å². The number of amides is 5. The lowest BCUT2D eigenvalue weighted by Gasteiger charge is -2.34. The maximum atomic E-state index is 13.6. The quantitative estimate of drug-likeness (QED) is 0.193. The number of urea groups is 2. The van der Waals surface area contributed by atoms with Crippen LogP contribution in [0.4, 0.5) is 26.7 Å². The first-order chi connectivity index (χ1) is 22.6. The van der Waals surface area contributed by atoms with E-state index in [0.29, 0.717) is 40.7 Å². The molecule has 0 unspecified atom stereocenters. The van der Waals surface area contributed by atoms with Crippen molar-refractivity contribution in [3.63, 3.8) is 0 Å². The molecule has 4 aromatic carbocycles. The van der Waals surface area contributed by atoms with Crippen molar-refractivity contribution >= 4 is 45.8 Å². The molecule has 0 spiro atoms. The molecular formula is C36H41N5O6. The lowest BCUT2D eigenvalue weighted by molar-refractivity contribution is -0.134. The van der Waals surface area contributed by atoms with Crippen molar-refractivity contribution in [2.75, 3.05) is 49.8 Å². The first-order valence-corrected chi connectivity index (χ1v) is 15.6. The second-order valence-corrected chi connectivity index (χ2v) is 11.9. The zero-order chi connectivity index (χ0) is 33.5. The van der Waals surface area contributed by atoms with Gasteiger partial charge in [0, 0.05) is 41.8 Å². The minimum atomic E-state index is -0.492. The molecule has 0 aromatic heterocycles. The molecule has 1 aliphatic heterocycles. The highest BCUT2D eigenvalue weighted by atomic mass is 16.5. The Morgan fingerprint density at radius 3 is 2.47 bits per heavy atom. The molecule has 11 heteroatoms. The minimum Gasteiger partial charge on any atom is -0.497 e. The molecule has 3 atom stereocenters. The third kappa shape index (κ3) is 8.11. The van der Waals surface area contributed by atoms with Gasteiger partial charge in [0.1, 0.15) is 17.6 Å². The normalized spacial score (nSPS) is 16.9. The van der Waals surface area contributed by atoms with Crippen molar-refractivity contribution in [2.24, 2.45) is 5.92 Å². The summed E-state index contributed by atoms with van der Waals surface area (Å²) in [7, 11) is 3.26. The number of nitrogens with one attached hydrogen (secondary N) is 3. The van der Waals surface area contributed by atoms with Crippen molar-refractivity contribution in [1.82, 2.24) is 9.80 Å². The van der Waals surface area contributed by atoms with Crippen molar-refractivity contribution in [3.8, 4) is 11.5 Å². The molecule has 0 saturated heterocycles. The number of aliphatic hydroxyl groups excluding tert-OH is 1. The van der Waals surface area contributed by atoms with Crippen LogP contribution in [-0.4, -0.2) is 78.9 Å². The zero-order valence-electron chi connectivity index (χ0n) is 27.0. The van der Waals surface area contributed by atoms with Gasteiger partial charge in [-0.2, -0.15) is 0 Å². The highest BCUT2D eigenvalue weighted by molar-refractivity contribution is 6.06. The van der Waals surface area contributed by atoms with Crippen LogP contribution in [0.3, 0.4) is 0 Å². The molecule has 0 radical (unpaired) electrons. The Labute approximate surface area is 274 Å². The summed E-state index contributed by atoms with van der Waals surface area (Å²) in [6, 6.07) is 24.5. The molecule has 11 nitrogen and oxygen atoms in total. The van der Waals surface area contributed by atoms with Crippen molar-refractivity contribution in [1.29, 1.82) is 0 Å². The van der Waals surface area contributed by atoms with Gasteiger partial charge in [0.15, 0.2) is 0 Å². The van der Waals surface area contributed by atoms with Gasteiger partial charge in [0.2, 0.25) is 5.91 Å². The molecule has 5 rings (SSSR count). The number of carbonyl (C=O) groups excluding carboxylic acids is 3. The summed E-state index contributed by atoms with van der Waals surface area (Å²) in [5.74, 6) is 0.798. The molecule has 0 saturated carbocycles. The Bertz CT molecular complexity index is 1720. The molecule has 0 bridgehead atoms. The Balaban J connectivity index is 1.35. The van der Waals surface area contributed by atoms with Crippen molar-refractivity contribution < 1.29 is 29.0 Å². The lowest BCUT2D eigenvalue weighted by Crippen LogP contribution is -2.48. The van der Waals surface area contributed by atoms with Gasteiger partial charge < -0.3 is 40.3 Å². The van der Waals surface area contributed by atoms with E-state index in [9.17, 15) is 19.5 Å². The molecule has 1 aliphatic rings. The van der Waals surface area contributed by atoms with Crippen LogP contribution < -0.4 is 25.4 Å². The van der Waals surface area contributed by atoms with E-state index >= 15 is 0 Å². The first-order valence-electron chi connectivity index (χ1n) is 15.6. The predicted molar refractivity (Wildman–Crippen MR) is 183 cm³/mol. The van der Waals surface area contributed by atoms with Gasteiger partial charge in [-0.3, -0.25) is 4.79 Å². The van der Waals surface area contributed by atoms with Crippen LogP contribution in [0.25, 0.3) is 10.8 Å². The van der Waals surface area contributed by atoms with Crippen LogP contribution in [0.5, 0.6) is 11.5 Å². The third-order valence-corrected chi connectivity index (χ3v) is 8.35. The summed E-state index contributed by atoms with van der Waals surface area (Å²) in [6.07, 6.45) is -0.485. The van der Waals surface area contributed by atoms with E-state index in [1.165, 1.54) is 4.90 Å². The number of hydrogen-bond donors (Lipinski definition) is 4. The molecule has 1 heterocycles. The second kappa shape index (κ2) is 14.9. The van der Waals surface area contributed by atoms with Gasteiger partial charge in [0.05, 0.1) is 38.4 Å². The molecule has 47 heavy (non-hydrogen) atoms. The number of aliphatic hydroxyl groups is 1. The third-order valence-electron chi connectivity index (χ3n) is 8.35. The van der Waals surface area contributed by atoms with E-state index in [1.807, 2.05) is 49.4 Å². The largest absolute Gasteiger partial charge is 0.497 e. The molecule has 246 valence electrons. The maximum absolute atomic E-state index is 13.6. The number of likely N-dealkylation sites (N-methyl/N-ethyl adjacent to an activating group) is 1. The SMILES string of the molecule is COc1ccc(NC(=O)N(C)C[C@H]2Oc3ccc(NC(=O)Nc4cccc5ccccc45)cc3CC(=O)N([C@H](C)CO)C[C@H]2C)cc1. The van der Waals surface area contributed by atoms with E-state index < -0.39 is 18.2 Å². The van der Waals surface area contributed by atoms with E-state index in [1.54, 1.807) is 68.4 Å². The van der Waals surface area contributed by atoms with Crippen LogP contribution in [0.2, 0.25) is 0 Å². The number of hydrogen-bond acceptors (Lipinski definition) is 6. The molecule has 4 N–H and O–H groups in total. The summed E-state index contributed by atoms with van der Waals surface area (Å²) < 4.78 is 11.7. The summed E-state index contributed by atoms with van der Waals surface area (Å²) in [5.41, 5.74) is 2.36. The molecule has 0 fully saturated rings. The average Bonchev–Trinajstić information content (AvgIpc) is 3.11. The summed E-state index contributed by atoms with van der Waals surface area (Å²) >= 11 is 0. The van der Waals surface area contributed by atoms with Crippen LogP contribution in [-0.2, 0) is 11.2 Å². The standard InChI is InChI=1S/C36H41N5O6/c1-23-20-41(24(2)22-42)34(43)19-26-18-28(37-35(44)39-31-11-7-9-25-8-5-6-10-30(25)31)14-17-32(26)47-33(23)21-40(3)36(45)38-27-12-15-29(46-4)16-13-27/h5-18,23-24,33,42H,19-22H2,1-4H3,(H,38,45)(H2,37,39,44)/t23-,24-,33-/m1/s1. The van der Waals surface area contributed by atoms with E-state index in [0.717, 1.165) is 10.8 Å². The van der Waals surface area contributed by atoms with Crippen molar-refractivity contribution in [2.45, 2.75) is 32.4 Å². The Morgan fingerprint density at radius 1 is 1.00 bits per heavy atom. The van der Waals surface area contributed by atoms with Gasteiger partial charge in [-0.15, -0.1) is 0 Å². The number of benzene rings is 4. The molecular weight excluding hydrogens is 598 g/mol. The fourth-order valence-electron chi connectivity index (χ4n) is 5.59. The Kier molecular flexibility index (Phi) is 10.5. The van der Waals surface area contributed by atoms with E-state index in [-0.39, 0.29) is 37.4 Å². The Hall–Kier alpha value is -5.29. The highest BCUT2D eigenvalue weighted by Crippen LogP contribution is 2.30. The number of methoxy groups -OCH3 is 1. The fraction of sp³-hybridized carbons (Fsp3) is 0.306. The summed E-state index contributed by atoms with van der Waals surface area (Å²) in [4.78, 5) is 43.0. The minimum absolute atomic E-state index is 0.00731. The zero-order valence-corrected chi connectivity index (χ0v) is 27.0. The topological polar surface area (TPSA) is 132 Å². The highest BCUT2D eigenvalue weighted by Gasteiger charge is 2.32. The van der Waals surface area contributed by atoms with Gasteiger partial charge >= 0.3 is 12.1 Å². The summed E-state index contributed by atoms with van der Waals surface area (Å²) in [6.45, 7) is 4.11. The molecule has 5 amide bonds. The number of ether oxygens (including phenoxy) is 2. The number of nitrogens with zero attached hydrogens (tertiary/aromatic N) is 2. The van der Waals surface area contributed by atoms with Crippen LogP contribution in [0.1, 0.15) is 19.4 Å². The monoisotopic (exact) mass is 639 g/mol. The van der Waals surface area contributed by atoms with Gasteiger partial charge in [-0.05, 0) is 60.8 Å². The average molecular weight is 640 g/mol.